The molecule has 0 bridgehead atoms. The normalized spacial score (nSPS) is 29.5. The molecule has 0 spiro atoms. The van der Waals surface area contributed by atoms with Crippen molar-refractivity contribution in [3.63, 3.8) is 0 Å². The molecule has 2 aromatic carbocycles. The molecule has 19 nitrogen and oxygen atoms in total. The summed E-state index contributed by atoms with van der Waals surface area (Å²) in [5.41, 5.74) is -7.55. The number of hydrogen-bond donors (Lipinski definition) is 16. The number of carbonyl (C=O) groups excluding carboxylic acids is 2. The summed E-state index contributed by atoms with van der Waals surface area (Å²) in [5.74, 6) is -12.8. The van der Waals surface area contributed by atoms with Crippen molar-refractivity contribution in [2.45, 2.75) is 66.5 Å². The first-order chi connectivity index (χ1) is 24.3. The van der Waals surface area contributed by atoms with Crippen LogP contribution >= 0.6 is 0 Å². The standard InChI is InChI=1S/C33H38O19/c34-9-17(41)23(42)27(46)26(45)21(19-15(39)7-13(37)8-16(19)40)22-25(44)20(14(38)6-3-11-1-4-12(36)5-2-11)30(49)33(51,31(22)50)32-29(48)28(47)24(43)18(10-35)52-32/h1-8,17-18,21,23-24,26-29,32,34-48,51H,9-10H2/b6-3-,20-14+/t17-,18-,21?,23-,24-,26+,27+,28+,29-,32+,33-/m1/s1. The van der Waals surface area contributed by atoms with E-state index in [1.807, 2.05) is 0 Å². The zero-order valence-corrected chi connectivity index (χ0v) is 26.7. The largest absolute Gasteiger partial charge is 0.508 e. The maximum atomic E-state index is 14.5. The second-order valence-corrected chi connectivity index (χ2v) is 12.2. The summed E-state index contributed by atoms with van der Waals surface area (Å²) in [6.07, 6.45) is -19.8. The molecule has 1 fully saturated rings. The van der Waals surface area contributed by atoms with E-state index < -0.39 is 137 Å². The van der Waals surface area contributed by atoms with Crippen molar-refractivity contribution in [2.24, 2.45) is 0 Å². The van der Waals surface area contributed by atoms with Gasteiger partial charge in [-0.25, -0.2) is 0 Å². The number of aromatic hydroxyl groups is 4. The molecule has 1 unspecified atom stereocenters. The number of aliphatic hydroxyl groups is 12. The molecule has 1 saturated heterocycles. The fourth-order valence-electron chi connectivity index (χ4n) is 6.07. The number of hydrogen-bond acceptors (Lipinski definition) is 19. The second kappa shape index (κ2) is 15.5. The Balaban J connectivity index is 2.09. The number of carbonyl (C=O) groups is 2. The average molecular weight is 739 g/mol. The van der Waals surface area contributed by atoms with E-state index in [4.69, 9.17) is 4.74 Å². The van der Waals surface area contributed by atoms with Gasteiger partial charge in [0.25, 0.3) is 0 Å². The van der Waals surface area contributed by atoms with E-state index in [1.165, 1.54) is 24.3 Å². The molecule has 2 aliphatic rings. The number of Topliss-reactive ketones (excluding diaryl/α,β-unsaturated/α-hetero) is 2. The Morgan fingerprint density at radius 1 is 0.788 bits per heavy atom. The molecule has 1 aliphatic carbocycles. The SMILES string of the molecule is O=C1C(C(c2c(O)cc(O)cc2O)[C@H](O)[C@@H](O)[C@H](O)[C@H](O)CO)=C(O)/C(=C(O)/C=C\c2ccc(O)cc2)C(=O)[C@]1(O)[C@H]1O[C@H](CO)[C@@H](O)[C@H](O)[C@H]1O. The number of ether oxygens (including phenoxy) is 1. The predicted octanol–water partition coefficient (Wildman–Crippen LogP) is -3.91. The lowest BCUT2D eigenvalue weighted by molar-refractivity contribution is -0.260. The van der Waals surface area contributed by atoms with Crippen molar-refractivity contribution in [3.8, 4) is 23.0 Å². The topological polar surface area (TPSA) is 367 Å². The molecule has 11 atom stereocenters. The highest BCUT2D eigenvalue weighted by molar-refractivity contribution is 6.28. The van der Waals surface area contributed by atoms with Crippen LogP contribution in [-0.2, 0) is 14.3 Å². The molecule has 2 aromatic rings. The summed E-state index contributed by atoms with van der Waals surface area (Å²) >= 11 is 0. The van der Waals surface area contributed by atoms with Crippen LogP contribution in [0.15, 0.2) is 65.1 Å². The summed E-state index contributed by atoms with van der Waals surface area (Å²) < 4.78 is 5.31. The zero-order chi connectivity index (χ0) is 39.0. The third-order valence-corrected chi connectivity index (χ3v) is 8.91. The monoisotopic (exact) mass is 738 g/mol. The lowest BCUT2D eigenvalue weighted by atomic mass is 9.66. The number of rotatable bonds is 11. The van der Waals surface area contributed by atoms with Gasteiger partial charge in [0, 0.05) is 17.7 Å². The smallest absolute Gasteiger partial charge is 0.219 e. The van der Waals surface area contributed by atoms with Gasteiger partial charge in [-0.05, 0) is 23.8 Å². The van der Waals surface area contributed by atoms with Gasteiger partial charge < -0.3 is 86.4 Å². The van der Waals surface area contributed by atoms with Gasteiger partial charge >= 0.3 is 0 Å². The number of benzene rings is 2. The minimum Gasteiger partial charge on any atom is -0.508 e. The molecule has 0 radical (unpaired) electrons. The highest BCUT2D eigenvalue weighted by Gasteiger charge is 2.65. The van der Waals surface area contributed by atoms with Crippen LogP contribution in [0, 0.1) is 0 Å². The van der Waals surface area contributed by atoms with Crippen LogP contribution in [0.2, 0.25) is 0 Å². The Labute approximate surface area is 292 Å². The van der Waals surface area contributed by atoms with Crippen LogP contribution < -0.4 is 0 Å². The van der Waals surface area contributed by atoms with Crippen molar-refractivity contribution < 1.29 is 96.0 Å². The van der Waals surface area contributed by atoms with Crippen molar-refractivity contribution >= 4 is 17.6 Å². The molecule has 1 aliphatic heterocycles. The third-order valence-electron chi connectivity index (χ3n) is 8.91. The first-order valence-corrected chi connectivity index (χ1v) is 15.4. The second-order valence-electron chi connectivity index (χ2n) is 12.2. The quantitative estimate of drug-likeness (QED) is 0.0595. The molecule has 16 N–H and O–H groups in total. The summed E-state index contributed by atoms with van der Waals surface area (Å²) in [6, 6.07) is 6.20. The molecule has 0 amide bonds. The van der Waals surface area contributed by atoms with Crippen LogP contribution in [0.5, 0.6) is 23.0 Å². The Kier molecular flexibility index (Phi) is 12.0. The van der Waals surface area contributed by atoms with E-state index >= 15 is 0 Å². The lowest BCUT2D eigenvalue weighted by Crippen LogP contribution is -2.71. The van der Waals surface area contributed by atoms with Crippen LogP contribution in [0.1, 0.15) is 17.0 Å². The van der Waals surface area contributed by atoms with Gasteiger partial charge in [0.05, 0.1) is 30.8 Å². The lowest BCUT2D eigenvalue weighted by Gasteiger charge is -2.47. The van der Waals surface area contributed by atoms with E-state index in [0.717, 1.165) is 12.2 Å². The Morgan fingerprint density at radius 3 is 1.90 bits per heavy atom. The third kappa shape index (κ3) is 7.07. The first kappa shape index (κ1) is 40.1. The maximum Gasteiger partial charge on any atom is 0.219 e. The van der Waals surface area contributed by atoms with Crippen LogP contribution in [0.4, 0.5) is 0 Å². The van der Waals surface area contributed by atoms with E-state index in [2.05, 4.69) is 0 Å². The molecule has 0 aromatic heterocycles. The summed E-state index contributed by atoms with van der Waals surface area (Å²) in [5, 5.41) is 170. The minimum absolute atomic E-state index is 0.153. The van der Waals surface area contributed by atoms with Gasteiger partial charge in [-0.15, -0.1) is 0 Å². The van der Waals surface area contributed by atoms with Crippen LogP contribution in [-0.4, -0.2) is 167 Å². The molecular formula is C33H38O19. The number of phenols is 4. The van der Waals surface area contributed by atoms with E-state index in [0.29, 0.717) is 12.1 Å². The van der Waals surface area contributed by atoms with E-state index in [1.54, 1.807) is 0 Å². The van der Waals surface area contributed by atoms with Gasteiger partial charge in [0.15, 0.2) is 0 Å². The first-order valence-electron chi connectivity index (χ1n) is 15.4. The van der Waals surface area contributed by atoms with Crippen LogP contribution in [0.3, 0.4) is 0 Å². The maximum absolute atomic E-state index is 14.5. The fraction of sp³-hybridized carbons (Fsp3) is 0.394. The Hall–Kier alpha value is -4.64. The van der Waals surface area contributed by atoms with Gasteiger partial charge in [-0.3, -0.25) is 9.59 Å². The van der Waals surface area contributed by atoms with Gasteiger partial charge in [-0.2, -0.15) is 0 Å². The predicted molar refractivity (Wildman–Crippen MR) is 170 cm³/mol. The Morgan fingerprint density at radius 2 is 1.37 bits per heavy atom. The van der Waals surface area contributed by atoms with Gasteiger partial charge in [0.1, 0.15) is 88.9 Å². The number of ketones is 2. The zero-order valence-electron chi connectivity index (χ0n) is 26.7. The molecule has 284 valence electrons. The minimum atomic E-state index is -3.90. The molecule has 1 heterocycles. The van der Waals surface area contributed by atoms with Crippen molar-refractivity contribution in [1.29, 1.82) is 0 Å². The number of aliphatic hydroxyl groups excluding tert-OH is 11. The van der Waals surface area contributed by atoms with Crippen LogP contribution in [0.25, 0.3) is 6.08 Å². The fourth-order valence-corrected chi connectivity index (χ4v) is 6.07. The molecular weight excluding hydrogens is 700 g/mol. The highest BCUT2D eigenvalue weighted by Crippen LogP contribution is 2.49. The molecule has 4 rings (SSSR count). The van der Waals surface area contributed by atoms with Gasteiger partial charge in [0.2, 0.25) is 17.2 Å². The van der Waals surface area contributed by atoms with Gasteiger partial charge in [-0.1, -0.05) is 18.2 Å². The van der Waals surface area contributed by atoms with Crippen molar-refractivity contribution in [1.82, 2.24) is 0 Å². The molecule has 19 heteroatoms. The summed E-state index contributed by atoms with van der Waals surface area (Å²) in [7, 11) is 0. The number of allylic oxidation sites excluding steroid dienone is 2. The Bertz CT molecular complexity index is 1730. The summed E-state index contributed by atoms with van der Waals surface area (Å²) in [4.78, 5) is 28.6. The molecule has 52 heavy (non-hydrogen) atoms. The average Bonchev–Trinajstić information content (AvgIpc) is 3.10. The highest BCUT2D eigenvalue weighted by atomic mass is 16.6. The molecule has 0 saturated carbocycles. The van der Waals surface area contributed by atoms with E-state index in [-0.39, 0.29) is 11.3 Å². The van der Waals surface area contributed by atoms with Crippen molar-refractivity contribution in [3.05, 3.63) is 76.3 Å². The van der Waals surface area contributed by atoms with Crippen molar-refractivity contribution in [2.75, 3.05) is 13.2 Å². The number of phenolic OH excluding ortho intramolecular Hbond substituents is 4. The summed E-state index contributed by atoms with van der Waals surface area (Å²) in [6.45, 7) is -2.34. The van der Waals surface area contributed by atoms with E-state index in [9.17, 15) is 91.3 Å².